The first-order chi connectivity index (χ1) is 32.3. The number of nitrogens with zero attached hydrogens (tertiary/aromatic N) is 3. The van der Waals surface area contributed by atoms with Gasteiger partial charge in [-0.05, 0) is 68.0 Å². The summed E-state index contributed by atoms with van der Waals surface area (Å²) in [7, 11) is 3.16. The lowest BCUT2D eigenvalue weighted by atomic mass is 9.77. The largest absolute Gasteiger partial charge is 0.494 e. The number of rotatable bonds is 18. The molecule has 3 aliphatic rings. The third kappa shape index (κ3) is 9.71. The number of methoxy groups -OCH3 is 1. The Kier molecular flexibility index (Phi) is 14.5. The van der Waals surface area contributed by atoms with E-state index in [2.05, 4.69) is 27.1 Å². The van der Waals surface area contributed by atoms with Crippen molar-refractivity contribution in [3.8, 4) is 22.6 Å². The number of hydrogen-bond acceptors (Lipinski definition) is 9. The minimum Gasteiger partial charge on any atom is -0.494 e. The van der Waals surface area contributed by atoms with Crippen molar-refractivity contribution in [1.29, 1.82) is 0 Å². The van der Waals surface area contributed by atoms with Gasteiger partial charge in [-0.15, -0.1) is 0 Å². The van der Waals surface area contributed by atoms with Gasteiger partial charge in [-0.1, -0.05) is 74.5 Å². The highest BCUT2D eigenvalue weighted by atomic mass is 35.5. The minimum absolute atomic E-state index is 0.00552. The zero-order valence-electron chi connectivity index (χ0n) is 38.2. The molecule has 0 aliphatic carbocycles. The van der Waals surface area contributed by atoms with Crippen LogP contribution in [0, 0.1) is 11.6 Å². The van der Waals surface area contributed by atoms with Gasteiger partial charge in [-0.25, -0.2) is 8.78 Å². The number of nitrogens with one attached hydrogen (secondary N) is 3. The molecule has 354 valence electrons. The molecule has 0 bridgehead atoms. The molecule has 3 atom stereocenters. The van der Waals surface area contributed by atoms with Crippen molar-refractivity contribution in [1.82, 2.24) is 25.3 Å². The van der Waals surface area contributed by atoms with E-state index in [1.165, 1.54) is 25.3 Å². The minimum atomic E-state index is -1.07. The molecule has 13 nitrogen and oxygen atoms in total. The molecule has 3 aliphatic heterocycles. The fourth-order valence-corrected chi connectivity index (χ4v) is 10.4. The van der Waals surface area contributed by atoms with Crippen molar-refractivity contribution in [2.75, 3.05) is 38.6 Å². The number of unbranched alkanes of at least 4 members (excludes halogenated alkanes) is 5. The number of amides is 4. The highest BCUT2D eigenvalue weighted by molar-refractivity contribution is 6.34. The lowest BCUT2D eigenvalue weighted by Gasteiger charge is -2.38. The Labute approximate surface area is 394 Å². The summed E-state index contributed by atoms with van der Waals surface area (Å²) in [5, 5.41) is 14.8. The maximum Gasteiger partial charge on any atom is 0.249 e. The average molecular weight is 939 g/mol. The van der Waals surface area contributed by atoms with Crippen LogP contribution in [0.4, 0.5) is 14.5 Å². The van der Waals surface area contributed by atoms with E-state index >= 15 is 8.78 Å². The second-order valence-electron chi connectivity index (χ2n) is 18.0. The third-order valence-electron chi connectivity index (χ3n) is 13.8. The summed E-state index contributed by atoms with van der Waals surface area (Å²) in [5.41, 5.74) is 8.14. The summed E-state index contributed by atoms with van der Waals surface area (Å²) >= 11 is 6.67. The number of aryl methyl sites for hydroxylation is 1. The van der Waals surface area contributed by atoms with Gasteiger partial charge in [0.1, 0.15) is 11.6 Å². The molecular weight excluding hydrogens is 880 g/mol. The van der Waals surface area contributed by atoms with Gasteiger partial charge >= 0.3 is 0 Å². The predicted octanol–water partition coefficient (Wildman–Crippen LogP) is 8.61. The number of imide groups is 1. The Morgan fingerprint density at radius 3 is 2.42 bits per heavy atom. The lowest BCUT2D eigenvalue weighted by molar-refractivity contribution is -0.134. The van der Waals surface area contributed by atoms with E-state index in [0.29, 0.717) is 50.2 Å². The second-order valence-corrected chi connectivity index (χ2v) is 18.4. The topological polar surface area (TPSA) is 170 Å². The Balaban J connectivity index is 0.795. The molecule has 5 aromatic rings. The SMILES string of the molecule is COc1ccc(C(N)=O)c(-c2c(Cl)c(F)cc3c2C(C)C(CNC2CCN(C(=O)CCCCCCCCNc4ccc5c(C6CCC(=O)NC6=O)nn(C)c5c4)CC2)(c2ccccc2)O3)c1F. The molecule has 4 aromatic carbocycles. The number of nitrogens with two attached hydrogens (primary N) is 1. The Morgan fingerprint density at radius 1 is 0.970 bits per heavy atom. The molecular formula is C51H58ClF2N7O6. The zero-order chi connectivity index (χ0) is 47.4. The van der Waals surface area contributed by atoms with E-state index in [-0.39, 0.29) is 57.0 Å². The molecule has 2 saturated heterocycles. The first kappa shape index (κ1) is 47.4. The third-order valence-corrected chi connectivity index (χ3v) is 14.2. The Hall–Kier alpha value is -6.06. The summed E-state index contributed by atoms with van der Waals surface area (Å²) in [6.45, 7) is 4.33. The Bertz CT molecular complexity index is 2670. The van der Waals surface area contributed by atoms with Gasteiger partial charge in [0.25, 0.3) is 0 Å². The van der Waals surface area contributed by atoms with Crippen LogP contribution in [0.5, 0.6) is 11.5 Å². The summed E-state index contributed by atoms with van der Waals surface area (Å²) in [6, 6.07) is 19.6. The van der Waals surface area contributed by atoms with Gasteiger partial charge in [0.05, 0.1) is 34.8 Å². The number of carbonyl (C=O) groups excluding carboxylic acids is 4. The average Bonchev–Trinajstić information content (AvgIpc) is 3.80. The number of primary amides is 1. The van der Waals surface area contributed by atoms with Crippen LogP contribution < -0.4 is 31.2 Å². The number of fused-ring (bicyclic) bond motifs is 2. The van der Waals surface area contributed by atoms with Crippen molar-refractivity contribution >= 4 is 51.8 Å². The molecule has 2 fully saturated rings. The van der Waals surface area contributed by atoms with Gasteiger partial charge in [0.2, 0.25) is 23.6 Å². The van der Waals surface area contributed by atoms with Gasteiger partial charge < -0.3 is 30.7 Å². The van der Waals surface area contributed by atoms with Crippen molar-refractivity contribution < 1.29 is 37.4 Å². The highest BCUT2D eigenvalue weighted by Gasteiger charge is 2.50. The predicted molar refractivity (Wildman–Crippen MR) is 253 cm³/mol. The number of hydrogen-bond donors (Lipinski definition) is 4. The van der Waals surface area contributed by atoms with Gasteiger partial charge in [0, 0.05) is 91.9 Å². The molecule has 0 radical (unpaired) electrons. The van der Waals surface area contributed by atoms with Crippen LogP contribution in [0.25, 0.3) is 22.0 Å². The smallest absolute Gasteiger partial charge is 0.249 e. The van der Waals surface area contributed by atoms with Crippen LogP contribution in [0.15, 0.2) is 66.7 Å². The number of likely N-dealkylation sites (tertiary alicyclic amines) is 1. The van der Waals surface area contributed by atoms with Crippen LogP contribution in [0.1, 0.15) is 117 Å². The summed E-state index contributed by atoms with van der Waals surface area (Å²) in [5.74, 6) is -3.87. The maximum atomic E-state index is 16.2. The van der Waals surface area contributed by atoms with Crippen molar-refractivity contribution in [2.24, 2.45) is 12.8 Å². The van der Waals surface area contributed by atoms with Crippen molar-refractivity contribution in [3.63, 3.8) is 0 Å². The standard InChI is InChI=1S/C51H58ClF2N7O6/c1-30-43-40(28-37(53)46(52)45(43)44-35(49(55)64)18-20-39(66-3)47(44)54)67-51(30,31-13-9-8-10-14-31)29-57-32-22-25-61(26-23-32)42(63)15-11-6-4-5-7-12-24-56-33-16-17-34-38(27-33)60(2)59-48(34)36-19-21-41(62)58-50(36)65/h8-10,13-14,16-18,20,27-28,30,32,36,56-57H,4-7,11-12,15,19,21-26,29H2,1-3H3,(H2,55,64)(H,58,62,65). The number of benzene rings is 4. The molecule has 8 rings (SSSR count). The number of anilines is 1. The number of aromatic nitrogens is 2. The first-order valence-corrected chi connectivity index (χ1v) is 23.7. The van der Waals surface area contributed by atoms with Crippen molar-refractivity contribution in [3.05, 3.63) is 106 Å². The molecule has 4 heterocycles. The molecule has 0 saturated carbocycles. The van der Waals surface area contributed by atoms with Gasteiger partial charge in [-0.3, -0.25) is 29.2 Å². The van der Waals surface area contributed by atoms with E-state index in [4.69, 9.17) is 26.8 Å². The van der Waals surface area contributed by atoms with Gasteiger partial charge in [-0.2, -0.15) is 5.10 Å². The van der Waals surface area contributed by atoms with Crippen molar-refractivity contribution in [2.45, 2.75) is 101 Å². The number of piperidine rings is 2. The Morgan fingerprint density at radius 2 is 1.70 bits per heavy atom. The van der Waals surface area contributed by atoms with E-state index in [0.717, 1.165) is 80.1 Å². The van der Waals surface area contributed by atoms with E-state index < -0.39 is 35.0 Å². The molecule has 3 unspecified atom stereocenters. The molecule has 0 spiro atoms. The molecule has 16 heteroatoms. The monoisotopic (exact) mass is 937 g/mol. The van der Waals surface area contributed by atoms with Crippen LogP contribution in [0.2, 0.25) is 5.02 Å². The molecule has 1 aromatic heterocycles. The van der Waals surface area contributed by atoms with E-state index in [9.17, 15) is 19.2 Å². The normalized spacial score (nSPS) is 19.6. The van der Waals surface area contributed by atoms with E-state index in [1.807, 2.05) is 61.3 Å². The van der Waals surface area contributed by atoms with Crippen LogP contribution in [0.3, 0.4) is 0 Å². The summed E-state index contributed by atoms with van der Waals surface area (Å²) in [6.07, 6.45) is 8.90. The fourth-order valence-electron chi connectivity index (χ4n) is 10.1. The zero-order valence-corrected chi connectivity index (χ0v) is 38.9. The van der Waals surface area contributed by atoms with Gasteiger partial charge in [0.15, 0.2) is 17.2 Å². The van der Waals surface area contributed by atoms with Crippen LogP contribution >= 0.6 is 11.6 Å². The maximum absolute atomic E-state index is 16.2. The van der Waals surface area contributed by atoms with Crippen LogP contribution in [-0.4, -0.2) is 77.6 Å². The number of ether oxygens (including phenoxy) is 2. The lowest BCUT2D eigenvalue weighted by Crippen LogP contribution is -2.50. The quantitative estimate of drug-likeness (QED) is 0.0497. The number of carbonyl (C=O) groups is 4. The first-order valence-electron chi connectivity index (χ1n) is 23.3. The molecule has 4 amide bonds. The summed E-state index contributed by atoms with van der Waals surface area (Å²) in [4.78, 5) is 52.0. The number of halogens is 3. The highest BCUT2D eigenvalue weighted by Crippen LogP contribution is 2.56. The van der Waals surface area contributed by atoms with E-state index in [1.54, 1.807) is 4.68 Å². The molecule has 5 N–H and O–H groups in total. The summed E-state index contributed by atoms with van der Waals surface area (Å²) < 4.78 is 45.6. The molecule has 67 heavy (non-hydrogen) atoms. The fraction of sp³-hybridized carbons (Fsp3) is 0.431. The van der Waals surface area contributed by atoms with Crippen LogP contribution in [-0.2, 0) is 27.0 Å². The second kappa shape index (κ2) is 20.4.